The highest BCUT2D eigenvalue weighted by Crippen LogP contribution is 2.21. The molecule has 1 aromatic carbocycles. The molecule has 1 aromatic heterocycles. The molecule has 0 fully saturated rings. The second-order valence-corrected chi connectivity index (χ2v) is 5.16. The molecule has 1 unspecified atom stereocenters. The monoisotopic (exact) mass is 306 g/mol. The van der Waals surface area contributed by atoms with Gasteiger partial charge in [-0.2, -0.15) is 0 Å². The molecule has 0 aliphatic heterocycles. The van der Waals surface area contributed by atoms with Crippen molar-refractivity contribution in [3.63, 3.8) is 0 Å². The molecule has 0 bridgehead atoms. The van der Waals surface area contributed by atoms with E-state index in [1.807, 2.05) is 0 Å². The number of oxazole rings is 1. The summed E-state index contributed by atoms with van der Waals surface area (Å²) in [6.07, 6.45) is 2.19. The maximum atomic E-state index is 12.9. The van der Waals surface area contributed by atoms with Crippen molar-refractivity contribution in [2.75, 3.05) is 13.7 Å². The zero-order valence-corrected chi connectivity index (χ0v) is 12.6. The van der Waals surface area contributed by atoms with Crippen LogP contribution < -0.4 is 0 Å². The molecule has 22 heavy (non-hydrogen) atoms. The lowest BCUT2D eigenvalue weighted by molar-refractivity contribution is -0.132. The van der Waals surface area contributed by atoms with Crippen LogP contribution in [-0.2, 0) is 11.2 Å². The second-order valence-electron chi connectivity index (χ2n) is 5.16. The first-order valence-electron chi connectivity index (χ1n) is 7.08. The molecule has 5 nitrogen and oxygen atoms in total. The van der Waals surface area contributed by atoms with Crippen LogP contribution in [0.2, 0.25) is 0 Å². The van der Waals surface area contributed by atoms with Crippen LogP contribution in [0.15, 0.2) is 34.9 Å². The van der Waals surface area contributed by atoms with E-state index in [2.05, 4.69) is 4.98 Å². The van der Waals surface area contributed by atoms with Gasteiger partial charge in [0, 0.05) is 25.5 Å². The van der Waals surface area contributed by atoms with Crippen molar-refractivity contribution in [3.05, 3.63) is 42.2 Å². The number of aromatic nitrogens is 1. The Kier molecular flexibility index (Phi) is 5.27. The minimum atomic E-state index is -0.310. The summed E-state index contributed by atoms with van der Waals surface area (Å²) in [6, 6.07) is 5.72. The quantitative estimate of drug-likeness (QED) is 0.889. The van der Waals surface area contributed by atoms with Gasteiger partial charge in [-0.05, 0) is 31.2 Å². The zero-order chi connectivity index (χ0) is 16.1. The molecule has 2 rings (SSSR count). The van der Waals surface area contributed by atoms with Crippen molar-refractivity contribution in [3.8, 4) is 11.3 Å². The van der Waals surface area contributed by atoms with Crippen LogP contribution in [0, 0.1) is 5.82 Å². The van der Waals surface area contributed by atoms with Gasteiger partial charge in [0.2, 0.25) is 5.91 Å². The number of likely N-dealkylation sites (N-methyl/N-ethyl adjacent to an activating group) is 1. The molecule has 1 amide bonds. The van der Waals surface area contributed by atoms with E-state index < -0.39 is 0 Å². The third-order valence-corrected chi connectivity index (χ3v) is 3.55. The summed E-state index contributed by atoms with van der Waals surface area (Å²) in [7, 11) is 1.66. The summed E-state index contributed by atoms with van der Waals surface area (Å²) in [4.78, 5) is 17.6. The van der Waals surface area contributed by atoms with Gasteiger partial charge >= 0.3 is 0 Å². The van der Waals surface area contributed by atoms with Crippen LogP contribution in [0.5, 0.6) is 0 Å². The Balaban J connectivity index is 1.95. The minimum Gasteiger partial charge on any atom is -0.441 e. The molecular weight excluding hydrogens is 287 g/mol. The lowest BCUT2D eigenvalue weighted by Gasteiger charge is -2.22. The first kappa shape index (κ1) is 16.2. The maximum absolute atomic E-state index is 12.9. The molecule has 6 heteroatoms. The molecule has 118 valence electrons. The van der Waals surface area contributed by atoms with Gasteiger partial charge in [-0.1, -0.05) is 0 Å². The highest BCUT2D eigenvalue weighted by atomic mass is 19.1. The molecule has 1 N–H and O–H groups in total. The largest absolute Gasteiger partial charge is 0.441 e. The van der Waals surface area contributed by atoms with Crippen molar-refractivity contribution in [2.45, 2.75) is 25.8 Å². The normalized spacial score (nSPS) is 12.2. The summed E-state index contributed by atoms with van der Waals surface area (Å²) in [5.41, 5.74) is 0.734. The van der Waals surface area contributed by atoms with Gasteiger partial charge in [-0.15, -0.1) is 0 Å². The number of aryl methyl sites for hydroxylation is 1. The van der Waals surface area contributed by atoms with Gasteiger partial charge < -0.3 is 14.4 Å². The number of carbonyl (C=O) groups is 1. The van der Waals surface area contributed by atoms with E-state index >= 15 is 0 Å². The standard InChI is InChI=1S/C16H19FN2O3/c1-11(10-20)19(2)16(21)8-7-15-18-9-14(22-15)12-3-5-13(17)6-4-12/h3-6,9,11,20H,7-8,10H2,1-2H3. The van der Waals surface area contributed by atoms with Gasteiger partial charge in [0.15, 0.2) is 11.7 Å². The Hall–Kier alpha value is -2.21. The molecule has 0 aliphatic rings. The molecule has 1 atom stereocenters. The number of hydrogen-bond donors (Lipinski definition) is 1. The Morgan fingerprint density at radius 3 is 2.73 bits per heavy atom. The van der Waals surface area contributed by atoms with Crippen molar-refractivity contribution in [1.29, 1.82) is 0 Å². The molecule has 0 saturated carbocycles. The molecule has 0 radical (unpaired) electrons. The van der Waals surface area contributed by atoms with Crippen LogP contribution in [-0.4, -0.2) is 40.6 Å². The van der Waals surface area contributed by atoms with Crippen LogP contribution in [0.1, 0.15) is 19.2 Å². The van der Waals surface area contributed by atoms with E-state index in [0.717, 1.165) is 5.56 Å². The number of hydrogen-bond acceptors (Lipinski definition) is 4. The Morgan fingerprint density at radius 1 is 1.41 bits per heavy atom. The molecule has 0 saturated heterocycles. The van der Waals surface area contributed by atoms with Crippen molar-refractivity contribution in [1.82, 2.24) is 9.88 Å². The molecule has 2 aromatic rings. The topological polar surface area (TPSA) is 66.6 Å². The average Bonchev–Trinajstić information content (AvgIpc) is 3.00. The van der Waals surface area contributed by atoms with E-state index in [1.54, 1.807) is 32.3 Å². The number of benzene rings is 1. The molecule has 0 spiro atoms. The third kappa shape index (κ3) is 3.92. The Bertz CT molecular complexity index is 625. The predicted molar refractivity (Wildman–Crippen MR) is 79.5 cm³/mol. The third-order valence-electron chi connectivity index (χ3n) is 3.55. The summed E-state index contributed by atoms with van der Waals surface area (Å²) >= 11 is 0. The van der Waals surface area contributed by atoms with Crippen molar-refractivity contribution < 1.29 is 18.7 Å². The molecule has 0 aliphatic carbocycles. The minimum absolute atomic E-state index is 0.0735. The number of nitrogens with zero attached hydrogens (tertiary/aromatic N) is 2. The van der Waals surface area contributed by atoms with Gasteiger partial charge in [0.25, 0.3) is 0 Å². The van der Waals surface area contributed by atoms with E-state index in [4.69, 9.17) is 9.52 Å². The summed E-state index contributed by atoms with van der Waals surface area (Å²) in [6.45, 7) is 1.70. The lowest BCUT2D eigenvalue weighted by atomic mass is 10.2. The van der Waals surface area contributed by atoms with E-state index in [-0.39, 0.29) is 30.8 Å². The fraction of sp³-hybridized carbons (Fsp3) is 0.375. The Morgan fingerprint density at radius 2 is 2.09 bits per heavy atom. The van der Waals surface area contributed by atoms with Crippen molar-refractivity contribution >= 4 is 5.91 Å². The van der Waals surface area contributed by atoms with Crippen molar-refractivity contribution in [2.24, 2.45) is 0 Å². The van der Waals surface area contributed by atoms with Crippen LogP contribution in [0.4, 0.5) is 4.39 Å². The van der Waals surface area contributed by atoms with Gasteiger partial charge in [-0.25, -0.2) is 9.37 Å². The number of aliphatic hydroxyl groups excluding tert-OH is 1. The fourth-order valence-corrected chi connectivity index (χ4v) is 1.93. The summed E-state index contributed by atoms with van der Waals surface area (Å²) in [5, 5.41) is 9.04. The van der Waals surface area contributed by atoms with Gasteiger partial charge in [0.05, 0.1) is 18.8 Å². The predicted octanol–water partition coefficient (Wildman–Crippen LogP) is 2.25. The number of halogens is 1. The average molecular weight is 306 g/mol. The summed E-state index contributed by atoms with van der Waals surface area (Å²) in [5.74, 6) is 0.607. The summed E-state index contributed by atoms with van der Waals surface area (Å²) < 4.78 is 18.5. The fourth-order valence-electron chi connectivity index (χ4n) is 1.93. The zero-order valence-electron chi connectivity index (χ0n) is 12.6. The van der Waals surface area contributed by atoms with Crippen LogP contribution in [0.3, 0.4) is 0 Å². The van der Waals surface area contributed by atoms with Gasteiger partial charge in [-0.3, -0.25) is 4.79 Å². The highest BCUT2D eigenvalue weighted by Gasteiger charge is 2.16. The highest BCUT2D eigenvalue weighted by molar-refractivity contribution is 5.76. The van der Waals surface area contributed by atoms with Gasteiger partial charge in [0.1, 0.15) is 5.82 Å². The first-order valence-corrected chi connectivity index (χ1v) is 7.08. The second kappa shape index (κ2) is 7.17. The lowest BCUT2D eigenvalue weighted by Crippen LogP contribution is -2.37. The Labute approximate surface area is 128 Å². The number of carbonyl (C=O) groups excluding carboxylic acids is 1. The molecular formula is C16H19FN2O3. The molecule has 1 heterocycles. The smallest absolute Gasteiger partial charge is 0.223 e. The SMILES string of the molecule is CC(CO)N(C)C(=O)CCc1ncc(-c2ccc(F)cc2)o1. The van der Waals surface area contributed by atoms with Crippen LogP contribution >= 0.6 is 0 Å². The number of aliphatic hydroxyl groups is 1. The van der Waals surface area contributed by atoms with E-state index in [0.29, 0.717) is 18.1 Å². The van der Waals surface area contributed by atoms with Crippen LogP contribution in [0.25, 0.3) is 11.3 Å². The number of amides is 1. The van der Waals surface area contributed by atoms with E-state index in [1.165, 1.54) is 17.0 Å². The maximum Gasteiger partial charge on any atom is 0.223 e. The first-order chi connectivity index (χ1) is 10.5. The number of rotatable bonds is 6. The van der Waals surface area contributed by atoms with E-state index in [9.17, 15) is 9.18 Å².